The second-order valence-corrected chi connectivity index (χ2v) is 5.91. The van der Waals surface area contributed by atoms with Gasteiger partial charge in [0.05, 0.1) is 4.90 Å². The van der Waals surface area contributed by atoms with Gasteiger partial charge in [-0.3, -0.25) is 0 Å². The highest BCUT2D eigenvalue weighted by atomic mass is 32.2. The van der Waals surface area contributed by atoms with E-state index in [9.17, 15) is 17.2 Å². The first-order chi connectivity index (χ1) is 9.47. The summed E-state index contributed by atoms with van der Waals surface area (Å²) in [5, 5.41) is 0. The molecule has 1 aromatic carbocycles. The van der Waals surface area contributed by atoms with Crippen LogP contribution >= 0.6 is 0 Å². The van der Waals surface area contributed by atoms with E-state index < -0.39 is 26.6 Å². The minimum atomic E-state index is -3.91. The van der Waals surface area contributed by atoms with Crippen LogP contribution < -0.4 is 4.72 Å². The van der Waals surface area contributed by atoms with Crippen molar-refractivity contribution < 1.29 is 17.2 Å². The first-order valence-corrected chi connectivity index (χ1v) is 7.40. The molecule has 0 saturated heterocycles. The predicted octanol–water partition coefficient (Wildman–Crippen LogP) is 1.60. The fourth-order valence-corrected chi connectivity index (χ4v) is 2.78. The van der Waals surface area contributed by atoms with Gasteiger partial charge < -0.3 is 4.98 Å². The van der Waals surface area contributed by atoms with Crippen LogP contribution in [0.5, 0.6) is 0 Å². The van der Waals surface area contributed by atoms with E-state index in [1.54, 1.807) is 12.4 Å². The van der Waals surface area contributed by atoms with Crippen LogP contribution in [0.1, 0.15) is 12.2 Å². The molecule has 0 spiro atoms. The predicted molar refractivity (Wildman–Crippen MR) is 68.5 cm³/mol. The molecule has 0 fully saturated rings. The number of nitrogens with one attached hydrogen (secondary N) is 2. The molecule has 8 heteroatoms. The molecule has 0 aliphatic rings. The minimum Gasteiger partial charge on any atom is -0.349 e. The Labute approximate surface area is 115 Å². The monoisotopic (exact) mass is 301 g/mol. The fourth-order valence-electron chi connectivity index (χ4n) is 1.66. The van der Waals surface area contributed by atoms with E-state index in [0.717, 1.165) is 18.0 Å². The molecule has 20 heavy (non-hydrogen) atoms. The molecule has 0 saturated carbocycles. The second-order valence-electron chi connectivity index (χ2n) is 4.14. The summed E-state index contributed by atoms with van der Waals surface area (Å²) in [5.41, 5.74) is 0. The SMILES string of the molecule is O=S(=O)(NCCCc1ncc[nH]1)c1cc(F)cc(F)c1. The summed E-state index contributed by atoms with van der Waals surface area (Å²) in [6.07, 6.45) is 4.38. The number of H-pyrrole nitrogens is 1. The molecule has 0 aliphatic heterocycles. The van der Waals surface area contributed by atoms with Crippen molar-refractivity contribution >= 4 is 10.0 Å². The lowest BCUT2D eigenvalue weighted by molar-refractivity contribution is 0.560. The number of rotatable bonds is 6. The summed E-state index contributed by atoms with van der Waals surface area (Å²) in [5.74, 6) is -1.11. The van der Waals surface area contributed by atoms with Crippen LogP contribution in [0.2, 0.25) is 0 Å². The number of benzene rings is 1. The van der Waals surface area contributed by atoms with Gasteiger partial charge in [-0.1, -0.05) is 0 Å². The zero-order chi connectivity index (χ0) is 14.6. The maximum atomic E-state index is 13.0. The highest BCUT2D eigenvalue weighted by Gasteiger charge is 2.15. The van der Waals surface area contributed by atoms with E-state index in [0.29, 0.717) is 18.9 Å². The molecule has 2 aromatic rings. The third-order valence-electron chi connectivity index (χ3n) is 2.58. The lowest BCUT2D eigenvalue weighted by Gasteiger charge is -2.06. The highest BCUT2D eigenvalue weighted by Crippen LogP contribution is 2.13. The average Bonchev–Trinajstić information content (AvgIpc) is 2.86. The minimum absolute atomic E-state index is 0.154. The van der Waals surface area contributed by atoms with Crippen LogP contribution in [0.25, 0.3) is 0 Å². The van der Waals surface area contributed by atoms with Gasteiger partial charge >= 0.3 is 0 Å². The zero-order valence-corrected chi connectivity index (χ0v) is 11.3. The maximum Gasteiger partial charge on any atom is 0.240 e. The smallest absolute Gasteiger partial charge is 0.240 e. The largest absolute Gasteiger partial charge is 0.349 e. The first kappa shape index (κ1) is 14.6. The van der Waals surface area contributed by atoms with Crippen molar-refractivity contribution in [3.63, 3.8) is 0 Å². The Morgan fingerprint density at radius 3 is 2.50 bits per heavy atom. The number of imidazole rings is 1. The van der Waals surface area contributed by atoms with Crippen LogP contribution in [0, 0.1) is 11.6 Å². The molecular formula is C12H13F2N3O2S. The summed E-state index contributed by atoms with van der Waals surface area (Å²) in [4.78, 5) is 6.47. The maximum absolute atomic E-state index is 13.0. The number of aromatic amines is 1. The van der Waals surface area contributed by atoms with Crippen LogP contribution in [-0.4, -0.2) is 24.9 Å². The van der Waals surface area contributed by atoms with E-state index in [1.165, 1.54) is 0 Å². The first-order valence-electron chi connectivity index (χ1n) is 5.91. The van der Waals surface area contributed by atoms with Gasteiger partial charge in [0.25, 0.3) is 0 Å². The third-order valence-corrected chi connectivity index (χ3v) is 4.02. The van der Waals surface area contributed by atoms with Crippen molar-refractivity contribution in [2.24, 2.45) is 0 Å². The van der Waals surface area contributed by atoms with Gasteiger partial charge in [-0.25, -0.2) is 26.9 Å². The molecule has 1 heterocycles. The van der Waals surface area contributed by atoms with Crippen molar-refractivity contribution in [1.82, 2.24) is 14.7 Å². The summed E-state index contributed by atoms with van der Waals surface area (Å²) in [7, 11) is -3.91. The van der Waals surface area contributed by atoms with Gasteiger partial charge in [-0.2, -0.15) is 0 Å². The molecular weight excluding hydrogens is 288 g/mol. The standard InChI is InChI=1S/C12H13F2N3O2S/c13-9-6-10(14)8-11(7-9)20(18,19)17-3-1-2-12-15-4-5-16-12/h4-8,17H,1-3H2,(H,15,16). The van der Waals surface area contributed by atoms with E-state index >= 15 is 0 Å². The molecule has 0 atom stereocenters. The molecule has 1 aromatic heterocycles. The molecule has 0 amide bonds. The van der Waals surface area contributed by atoms with Crippen LogP contribution in [-0.2, 0) is 16.4 Å². The Hall–Kier alpha value is -1.80. The number of aryl methyl sites for hydroxylation is 1. The Kier molecular flexibility index (Phi) is 4.46. The van der Waals surface area contributed by atoms with Crippen molar-refractivity contribution in [1.29, 1.82) is 0 Å². The molecule has 0 bridgehead atoms. The summed E-state index contributed by atoms with van der Waals surface area (Å²) in [6, 6.07) is 2.17. The van der Waals surface area contributed by atoms with Gasteiger partial charge in [0.15, 0.2) is 0 Å². The van der Waals surface area contributed by atoms with Gasteiger partial charge in [0.1, 0.15) is 17.5 Å². The van der Waals surface area contributed by atoms with Gasteiger partial charge in [0, 0.05) is 31.4 Å². The molecule has 2 N–H and O–H groups in total. The topological polar surface area (TPSA) is 74.8 Å². The summed E-state index contributed by atoms with van der Waals surface area (Å²) in [6.45, 7) is 0.154. The van der Waals surface area contributed by atoms with E-state index in [2.05, 4.69) is 14.7 Å². The van der Waals surface area contributed by atoms with E-state index in [1.807, 2.05) is 0 Å². The van der Waals surface area contributed by atoms with Crippen molar-refractivity contribution in [3.8, 4) is 0 Å². The Bertz CT molecular complexity index is 652. The molecule has 108 valence electrons. The highest BCUT2D eigenvalue weighted by molar-refractivity contribution is 7.89. The number of sulfonamides is 1. The Morgan fingerprint density at radius 1 is 1.20 bits per heavy atom. The third kappa shape index (κ3) is 3.84. The van der Waals surface area contributed by atoms with Gasteiger partial charge in [-0.15, -0.1) is 0 Å². The van der Waals surface area contributed by atoms with Crippen molar-refractivity contribution in [2.75, 3.05) is 6.54 Å². The zero-order valence-electron chi connectivity index (χ0n) is 10.4. The molecule has 2 rings (SSSR count). The average molecular weight is 301 g/mol. The lowest BCUT2D eigenvalue weighted by atomic mass is 10.3. The number of halogens is 2. The van der Waals surface area contributed by atoms with Crippen LogP contribution in [0.4, 0.5) is 8.78 Å². The quantitative estimate of drug-likeness (QED) is 0.796. The number of nitrogens with zero attached hydrogens (tertiary/aromatic N) is 1. The van der Waals surface area contributed by atoms with Crippen molar-refractivity contribution in [3.05, 3.63) is 48.1 Å². The van der Waals surface area contributed by atoms with E-state index in [4.69, 9.17) is 0 Å². The number of hydrogen-bond acceptors (Lipinski definition) is 3. The Morgan fingerprint density at radius 2 is 1.90 bits per heavy atom. The van der Waals surface area contributed by atoms with Crippen LogP contribution in [0.15, 0.2) is 35.5 Å². The molecule has 0 unspecified atom stereocenters. The molecule has 0 radical (unpaired) electrons. The van der Waals surface area contributed by atoms with Gasteiger partial charge in [-0.05, 0) is 18.6 Å². The summed E-state index contributed by atoms with van der Waals surface area (Å²) >= 11 is 0. The molecule has 0 aliphatic carbocycles. The fraction of sp³-hybridized carbons (Fsp3) is 0.250. The van der Waals surface area contributed by atoms with E-state index in [-0.39, 0.29) is 6.54 Å². The van der Waals surface area contributed by atoms with Crippen LogP contribution in [0.3, 0.4) is 0 Å². The molecule has 5 nitrogen and oxygen atoms in total. The number of aromatic nitrogens is 2. The normalized spacial score (nSPS) is 11.7. The van der Waals surface area contributed by atoms with Crippen molar-refractivity contribution in [2.45, 2.75) is 17.7 Å². The van der Waals surface area contributed by atoms with Gasteiger partial charge in [0.2, 0.25) is 10.0 Å². The lowest BCUT2D eigenvalue weighted by Crippen LogP contribution is -2.25. The summed E-state index contributed by atoms with van der Waals surface area (Å²) < 4.78 is 51.9. The second kappa shape index (κ2) is 6.10. The number of hydrogen-bond donors (Lipinski definition) is 2. The Balaban J connectivity index is 1.93.